The van der Waals surface area contributed by atoms with Gasteiger partial charge < -0.3 is 0 Å². The van der Waals surface area contributed by atoms with E-state index in [0.717, 1.165) is 45.6 Å². The molecule has 0 amide bonds. The van der Waals surface area contributed by atoms with Gasteiger partial charge in [-0.05, 0) is 72.8 Å². The minimum Gasteiger partial charge on any atom is -0.251 e. The molecule has 4 nitrogen and oxygen atoms in total. The van der Waals surface area contributed by atoms with Crippen LogP contribution in [0.5, 0.6) is 0 Å². The first-order valence-electron chi connectivity index (χ1n) is 11.2. The van der Waals surface area contributed by atoms with Crippen LogP contribution in [0.25, 0.3) is 33.2 Å². The summed E-state index contributed by atoms with van der Waals surface area (Å²) in [5.41, 5.74) is 7.65. The van der Waals surface area contributed by atoms with Crippen molar-refractivity contribution in [2.75, 3.05) is 0 Å². The van der Waals surface area contributed by atoms with Crippen molar-refractivity contribution in [1.29, 1.82) is 0 Å². The Kier molecular flexibility index (Phi) is 5.34. The Morgan fingerprint density at radius 1 is 0.455 bits per heavy atom. The number of aromatic nitrogens is 4. The zero-order valence-corrected chi connectivity index (χ0v) is 20.4. The maximum atomic E-state index is 5.00. The average molecular weight is 447 g/mol. The normalized spacial score (nSPS) is 14.7. The molecule has 0 aliphatic carbocycles. The van der Waals surface area contributed by atoms with E-state index >= 15 is 0 Å². The molecule has 0 bridgehead atoms. The number of rotatable bonds is 4. The number of aryl methyl sites for hydroxylation is 2. The molecule has 162 valence electrons. The first-order chi connectivity index (χ1) is 15.9. The van der Waals surface area contributed by atoms with Crippen LogP contribution < -0.4 is 0 Å². The van der Waals surface area contributed by atoms with E-state index in [0.29, 0.717) is 0 Å². The molecule has 0 radical (unpaired) electrons. The minimum absolute atomic E-state index is 0.904. The van der Waals surface area contributed by atoms with Crippen LogP contribution in [0.15, 0.2) is 84.9 Å². The molecule has 0 saturated heterocycles. The van der Waals surface area contributed by atoms with Gasteiger partial charge in [0.1, 0.15) is 8.07 Å². The van der Waals surface area contributed by atoms with E-state index < -0.39 is 8.07 Å². The fraction of sp³-hybridized carbons (Fsp3) is 0.143. The largest absolute Gasteiger partial charge is 0.251 e. The van der Waals surface area contributed by atoms with Gasteiger partial charge in [0.15, 0.2) is 0 Å². The highest BCUT2D eigenvalue weighted by molar-refractivity contribution is 7.09. The maximum Gasteiger partial charge on any atom is 0.117 e. The predicted octanol–water partition coefficient (Wildman–Crippen LogP) is 6.48. The van der Waals surface area contributed by atoms with Gasteiger partial charge in [-0.15, -0.1) is 0 Å². The second-order valence-corrected chi connectivity index (χ2v) is 13.3. The van der Waals surface area contributed by atoms with Gasteiger partial charge in [-0.1, -0.05) is 49.5 Å². The highest BCUT2D eigenvalue weighted by atomic mass is 28.3. The summed E-state index contributed by atoms with van der Waals surface area (Å²) in [7, 11) is -1.99. The van der Waals surface area contributed by atoms with Gasteiger partial charge >= 0.3 is 0 Å². The molecule has 1 aliphatic heterocycles. The molecule has 5 heterocycles. The third-order valence-electron chi connectivity index (χ3n) is 6.11. The molecule has 0 spiro atoms. The number of hydrogen-bond acceptors (Lipinski definition) is 4. The first kappa shape index (κ1) is 21.2. The van der Waals surface area contributed by atoms with Crippen LogP contribution in [0.3, 0.4) is 0 Å². The lowest BCUT2D eigenvalue weighted by Gasteiger charge is -2.25. The first-order valence-corrected chi connectivity index (χ1v) is 14.2. The topological polar surface area (TPSA) is 51.6 Å². The number of hydrogen-bond donors (Lipinski definition) is 0. The van der Waals surface area contributed by atoms with Crippen molar-refractivity contribution in [2.45, 2.75) is 26.9 Å². The van der Waals surface area contributed by atoms with Crippen LogP contribution >= 0.6 is 0 Å². The van der Waals surface area contributed by atoms with Crippen LogP contribution in [-0.4, -0.2) is 28.0 Å². The number of allylic oxidation sites excluding steroid dienone is 2. The summed E-state index contributed by atoms with van der Waals surface area (Å²) in [6.07, 6.45) is 4.47. The van der Waals surface area contributed by atoms with E-state index in [1.54, 1.807) is 0 Å². The summed E-state index contributed by atoms with van der Waals surface area (Å²) >= 11 is 0. The van der Waals surface area contributed by atoms with Crippen LogP contribution in [-0.2, 0) is 0 Å². The molecule has 5 rings (SSSR count). The lowest BCUT2D eigenvalue weighted by molar-refractivity contribution is 1.17. The Hall–Kier alpha value is -3.70. The highest BCUT2D eigenvalue weighted by Gasteiger charge is 2.37. The zero-order chi connectivity index (χ0) is 23.0. The molecule has 0 unspecified atom stereocenters. The van der Waals surface area contributed by atoms with E-state index in [-0.39, 0.29) is 0 Å². The van der Waals surface area contributed by atoms with Gasteiger partial charge in [-0.3, -0.25) is 9.97 Å². The van der Waals surface area contributed by atoms with Crippen molar-refractivity contribution in [2.24, 2.45) is 0 Å². The van der Waals surface area contributed by atoms with Gasteiger partial charge in [-0.25, -0.2) is 9.97 Å². The van der Waals surface area contributed by atoms with E-state index in [9.17, 15) is 0 Å². The van der Waals surface area contributed by atoms with Crippen LogP contribution in [0.1, 0.15) is 22.8 Å². The average Bonchev–Trinajstić information content (AvgIpc) is 3.14. The van der Waals surface area contributed by atoms with Crippen molar-refractivity contribution in [3.8, 4) is 22.8 Å². The summed E-state index contributed by atoms with van der Waals surface area (Å²) in [4.78, 5) is 19.3. The van der Waals surface area contributed by atoms with Crippen LogP contribution in [0, 0.1) is 13.8 Å². The van der Waals surface area contributed by atoms with Crippen molar-refractivity contribution < 1.29 is 0 Å². The highest BCUT2D eigenvalue weighted by Crippen LogP contribution is 2.41. The predicted molar refractivity (Wildman–Crippen MR) is 138 cm³/mol. The van der Waals surface area contributed by atoms with Gasteiger partial charge in [0, 0.05) is 11.4 Å². The van der Waals surface area contributed by atoms with Gasteiger partial charge in [0.05, 0.1) is 34.2 Å². The van der Waals surface area contributed by atoms with E-state index in [4.69, 9.17) is 9.97 Å². The second-order valence-electron chi connectivity index (χ2n) is 8.93. The maximum absolute atomic E-state index is 5.00. The third kappa shape index (κ3) is 4.07. The Labute approximate surface area is 195 Å². The molecule has 0 saturated carbocycles. The lowest BCUT2D eigenvalue weighted by Crippen LogP contribution is -2.29. The Bertz CT molecular complexity index is 1310. The van der Waals surface area contributed by atoms with Gasteiger partial charge in [0.2, 0.25) is 0 Å². The summed E-state index contributed by atoms with van der Waals surface area (Å²) < 4.78 is 0. The fourth-order valence-electron chi connectivity index (χ4n) is 4.37. The minimum atomic E-state index is -1.99. The monoisotopic (exact) mass is 446 g/mol. The molecule has 0 aromatic carbocycles. The van der Waals surface area contributed by atoms with E-state index in [1.165, 1.54) is 10.4 Å². The Morgan fingerprint density at radius 3 is 1.18 bits per heavy atom. The van der Waals surface area contributed by atoms with Gasteiger partial charge in [-0.2, -0.15) is 0 Å². The molecule has 0 atom stereocenters. The molecule has 0 N–H and O–H groups in total. The quantitative estimate of drug-likeness (QED) is 0.336. The Morgan fingerprint density at radius 2 is 0.788 bits per heavy atom. The molecule has 5 heteroatoms. The SMILES string of the molecule is Cc1cccc(-c2cccc(C3=CC=C(c4cccc(-c5cccc(C)n5)n4)[Si]3(C)C)n2)n1. The van der Waals surface area contributed by atoms with Crippen molar-refractivity contribution in [3.05, 3.63) is 108 Å². The molecule has 4 aromatic heterocycles. The van der Waals surface area contributed by atoms with Crippen molar-refractivity contribution >= 4 is 18.5 Å². The zero-order valence-electron chi connectivity index (χ0n) is 19.4. The molecule has 0 fully saturated rings. The summed E-state index contributed by atoms with van der Waals surface area (Å²) in [6, 6.07) is 24.5. The van der Waals surface area contributed by atoms with E-state index in [1.807, 2.05) is 62.4 Å². The summed E-state index contributed by atoms with van der Waals surface area (Å²) in [5.74, 6) is 0. The second kappa shape index (κ2) is 8.33. The van der Waals surface area contributed by atoms with E-state index in [2.05, 4.69) is 59.5 Å². The summed E-state index contributed by atoms with van der Waals surface area (Å²) in [6.45, 7) is 8.76. The lowest BCUT2D eigenvalue weighted by atomic mass is 10.2. The Balaban J connectivity index is 1.47. The standard InChI is InChI=1S/C28H26N4Si/c1-19-9-5-11-21(29-19)23-13-7-15-25(31-23)27-17-18-28(33(27,3)4)26-16-8-14-24(32-26)22-12-6-10-20(2)30-22/h5-18H,1-4H3. The van der Waals surface area contributed by atoms with Crippen molar-refractivity contribution in [3.63, 3.8) is 0 Å². The molecule has 4 aromatic rings. The fourth-order valence-corrected chi connectivity index (χ4v) is 7.22. The van der Waals surface area contributed by atoms with Crippen LogP contribution in [0.4, 0.5) is 0 Å². The number of nitrogens with zero attached hydrogens (tertiary/aromatic N) is 4. The smallest absolute Gasteiger partial charge is 0.117 e. The molecular formula is C28H26N4Si. The van der Waals surface area contributed by atoms with Gasteiger partial charge in [0.25, 0.3) is 0 Å². The van der Waals surface area contributed by atoms with Crippen molar-refractivity contribution in [1.82, 2.24) is 19.9 Å². The van der Waals surface area contributed by atoms with Crippen LogP contribution in [0.2, 0.25) is 13.1 Å². The number of pyridine rings is 4. The summed E-state index contributed by atoms with van der Waals surface area (Å²) in [5, 5.41) is 2.63. The third-order valence-corrected chi connectivity index (χ3v) is 9.65. The molecular weight excluding hydrogens is 420 g/mol. The molecule has 33 heavy (non-hydrogen) atoms. The molecule has 1 aliphatic rings.